The van der Waals surface area contributed by atoms with E-state index < -0.39 is 0 Å². The molecule has 0 aromatic heterocycles. The van der Waals surface area contributed by atoms with Gasteiger partial charge >= 0.3 is 21.1 Å². The molecule has 2 heteroatoms. The Morgan fingerprint density at radius 3 is 1.45 bits per heavy atom. The van der Waals surface area contributed by atoms with Crippen LogP contribution in [0, 0.1) is 19.3 Å². The first-order valence-electron chi connectivity index (χ1n) is 3.68. The van der Waals surface area contributed by atoms with Crippen molar-refractivity contribution in [2.45, 2.75) is 33.7 Å². The molecule has 0 aromatic rings. The van der Waals surface area contributed by atoms with Gasteiger partial charge in [0.05, 0.1) is 0 Å². The Morgan fingerprint density at radius 1 is 1.00 bits per heavy atom. The first kappa shape index (κ1) is 17.7. The van der Waals surface area contributed by atoms with E-state index >= 15 is 0 Å². The van der Waals surface area contributed by atoms with Gasteiger partial charge in [-0.25, -0.2) is 0 Å². The molecular formula is C9H21NW. The zero-order valence-electron chi connectivity index (χ0n) is 8.59. The topological polar surface area (TPSA) is 14.1 Å². The van der Waals surface area contributed by atoms with Gasteiger partial charge < -0.3 is 12.7 Å². The van der Waals surface area contributed by atoms with Gasteiger partial charge in [-0.15, -0.1) is 6.04 Å². The smallest absolute Gasteiger partial charge is 0.662 e. The molecule has 0 radical (unpaired) electrons. The van der Waals surface area contributed by atoms with Crippen LogP contribution >= 0.6 is 0 Å². The predicted molar refractivity (Wildman–Crippen MR) is 49.2 cm³/mol. The fraction of sp³-hybridized carbons (Fsp3) is 0.889. The molecule has 0 heterocycles. The average Bonchev–Trinajstić information content (AvgIpc) is 1.84. The Hall–Kier alpha value is 0.648. The molecule has 11 heavy (non-hydrogen) atoms. The van der Waals surface area contributed by atoms with Crippen LogP contribution in [0.5, 0.6) is 0 Å². The minimum Gasteiger partial charge on any atom is -0.662 e. The van der Waals surface area contributed by atoms with E-state index in [2.05, 4.69) is 33.0 Å². The van der Waals surface area contributed by atoms with E-state index in [1.54, 1.807) is 0 Å². The molecule has 2 unspecified atom stereocenters. The average molecular weight is 327 g/mol. The van der Waals surface area contributed by atoms with E-state index in [9.17, 15) is 0 Å². The van der Waals surface area contributed by atoms with E-state index in [1.807, 2.05) is 7.05 Å². The molecular weight excluding hydrogens is 306 g/mol. The van der Waals surface area contributed by atoms with Crippen molar-refractivity contribution in [3.63, 3.8) is 0 Å². The Labute approximate surface area is 86.6 Å². The summed E-state index contributed by atoms with van der Waals surface area (Å²) in [6.45, 7) is 8.91. The van der Waals surface area contributed by atoms with Crippen molar-refractivity contribution < 1.29 is 21.1 Å². The molecule has 2 atom stereocenters. The number of nitrogens with zero attached hydrogens (tertiary/aromatic N) is 1. The van der Waals surface area contributed by atoms with E-state index in [4.69, 9.17) is 0 Å². The molecule has 68 valence electrons. The van der Waals surface area contributed by atoms with E-state index in [0.29, 0.717) is 6.04 Å². The summed E-state index contributed by atoms with van der Waals surface area (Å²) in [5.74, 6) is 1.47. The van der Waals surface area contributed by atoms with E-state index in [-0.39, 0.29) is 28.5 Å². The number of rotatable bonds is 3. The summed E-state index contributed by atoms with van der Waals surface area (Å²) in [6, 6.07) is 0.519. The molecule has 0 saturated carbocycles. The standard InChI is InChI=1S/C8H18N.CH3.W/c1-6(2)7(3)8(4)9-5;;/h6-8H,1-5H3;1H3;/q2*-1;+2. The molecule has 0 N–H and O–H groups in total. The molecule has 0 aliphatic rings. The predicted octanol–water partition coefficient (Wildman–Crippen LogP) is 3.12. The summed E-state index contributed by atoms with van der Waals surface area (Å²) in [5, 5.41) is 4.21. The maximum absolute atomic E-state index is 4.21. The molecule has 0 amide bonds. The summed E-state index contributed by atoms with van der Waals surface area (Å²) >= 11 is 0. The van der Waals surface area contributed by atoms with Gasteiger partial charge in [0.1, 0.15) is 0 Å². The van der Waals surface area contributed by atoms with Crippen LogP contribution in [0.25, 0.3) is 5.32 Å². The number of hydrogen-bond acceptors (Lipinski definition) is 0. The van der Waals surface area contributed by atoms with Crippen molar-refractivity contribution in [3.8, 4) is 0 Å². The Morgan fingerprint density at radius 2 is 1.36 bits per heavy atom. The van der Waals surface area contributed by atoms with E-state index in [0.717, 1.165) is 11.8 Å². The summed E-state index contributed by atoms with van der Waals surface area (Å²) in [7, 11) is 1.89. The minimum atomic E-state index is 0. The van der Waals surface area contributed by atoms with Gasteiger partial charge in [-0.05, 0) is 5.92 Å². The molecule has 0 spiro atoms. The summed E-state index contributed by atoms with van der Waals surface area (Å²) in [5.41, 5.74) is 0. The van der Waals surface area contributed by atoms with Crippen molar-refractivity contribution in [2.75, 3.05) is 7.05 Å². The van der Waals surface area contributed by atoms with Gasteiger partial charge in [-0.2, -0.15) is 7.05 Å². The first-order chi connectivity index (χ1) is 4.09. The van der Waals surface area contributed by atoms with Crippen LogP contribution in [0.15, 0.2) is 0 Å². The summed E-state index contributed by atoms with van der Waals surface area (Å²) < 4.78 is 0. The monoisotopic (exact) mass is 327 g/mol. The fourth-order valence-corrected chi connectivity index (χ4v) is 0.792. The first-order valence-corrected chi connectivity index (χ1v) is 3.68. The second-order valence-corrected chi connectivity index (χ2v) is 3.10. The van der Waals surface area contributed by atoms with Crippen molar-refractivity contribution in [2.24, 2.45) is 11.8 Å². The third-order valence-electron chi connectivity index (χ3n) is 2.22. The zero-order chi connectivity index (χ0) is 7.44. The molecule has 0 rings (SSSR count). The van der Waals surface area contributed by atoms with Gasteiger partial charge in [0.15, 0.2) is 0 Å². The molecule has 0 aliphatic carbocycles. The van der Waals surface area contributed by atoms with Gasteiger partial charge in [0.2, 0.25) is 0 Å². The Balaban J connectivity index is -0.000000320. The third-order valence-corrected chi connectivity index (χ3v) is 2.22. The van der Waals surface area contributed by atoms with Crippen LogP contribution < -0.4 is 0 Å². The van der Waals surface area contributed by atoms with Crippen LogP contribution in [0.2, 0.25) is 0 Å². The minimum absolute atomic E-state index is 0. The maximum Gasteiger partial charge on any atom is 2.00 e. The molecule has 0 aromatic carbocycles. The van der Waals surface area contributed by atoms with Crippen LogP contribution in [0.1, 0.15) is 27.7 Å². The van der Waals surface area contributed by atoms with Gasteiger partial charge in [0, 0.05) is 0 Å². The Kier molecular flexibility index (Phi) is 14.0. The molecule has 0 bridgehead atoms. The van der Waals surface area contributed by atoms with Crippen LogP contribution in [0.4, 0.5) is 0 Å². The van der Waals surface area contributed by atoms with Gasteiger partial charge in [-0.1, -0.05) is 33.6 Å². The van der Waals surface area contributed by atoms with Gasteiger partial charge in [-0.3, -0.25) is 0 Å². The van der Waals surface area contributed by atoms with Crippen molar-refractivity contribution in [3.05, 3.63) is 12.7 Å². The van der Waals surface area contributed by atoms with Crippen molar-refractivity contribution in [1.29, 1.82) is 0 Å². The second-order valence-electron chi connectivity index (χ2n) is 3.10. The SMILES string of the molecule is C[N-]C(C)C(C)C(C)C.[CH3-].[W+2]. The fourth-order valence-electron chi connectivity index (χ4n) is 0.792. The molecule has 0 fully saturated rings. The molecule has 1 nitrogen and oxygen atoms in total. The maximum atomic E-state index is 4.21. The largest absolute Gasteiger partial charge is 2.00 e. The zero-order valence-corrected chi connectivity index (χ0v) is 11.5. The van der Waals surface area contributed by atoms with Crippen LogP contribution in [0.3, 0.4) is 0 Å². The van der Waals surface area contributed by atoms with Crippen molar-refractivity contribution >= 4 is 0 Å². The molecule has 0 aliphatic heterocycles. The van der Waals surface area contributed by atoms with Crippen LogP contribution in [-0.2, 0) is 21.1 Å². The quantitative estimate of drug-likeness (QED) is 0.707. The second kappa shape index (κ2) is 8.74. The van der Waals surface area contributed by atoms with Crippen molar-refractivity contribution in [1.82, 2.24) is 0 Å². The third kappa shape index (κ3) is 7.02. The summed E-state index contributed by atoms with van der Waals surface area (Å²) in [6.07, 6.45) is 0. The van der Waals surface area contributed by atoms with Gasteiger partial charge in [0.25, 0.3) is 0 Å². The molecule has 0 saturated heterocycles. The summed E-state index contributed by atoms with van der Waals surface area (Å²) in [4.78, 5) is 0. The Bertz CT molecular complexity index is 74.0. The van der Waals surface area contributed by atoms with Crippen LogP contribution in [-0.4, -0.2) is 13.1 Å². The normalized spacial score (nSPS) is 14.7. The van der Waals surface area contributed by atoms with E-state index in [1.165, 1.54) is 0 Å². The number of hydrogen-bond donors (Lipinski definition) is 0.